The van der Waals surface area contributed by atoms with Crippen LogP contribution in [0.15, 0.2) is 54.6 Å². The number of amides is 1. The molecule has 1 aromatic heterocycles. The first-order valence-corrected chi connectivity index (χ1v) is 9.58. The summed E-state index contributed by atoms with van der Waals surface area (Å²) in [6, 6.07) is 17.8. The van der Waals surface area contributed by atoms with Crippen LogP contribution in [0.1, 0.15) is 32.4 Å². The highest BCUT2D eigenvalue weighted by Gasteiger charge is 2.26. The minimum atomic E-state index is 0.0399. The third-order valence-electron chi connectivity index (χ3n) is 4.50. The van der Waals surface area contributed by atoms with Crippen molar-refractivity contribution in [2.45, 2.75) is 26.4 Å². The summed E-state index contributed by atoms with van der Waals surface area (Å²) >= 11 is 1.43. The summed E-state index contributed by atoms with van der Waals surface area (Å²) in [6.45, 7) is 3.02. The second-order valence-electron chi connectivity index (χ2n) is 6.31. The molecule has 2 aromatic carbocycles. The molecule has 0 spiro atoms. The molecule has 0 N–H and O–H groups in total. The van der Waals surface area contributed by atoms with E-state index in [0.29, 0.717) is 11.5 Å². The van der Waals surface area contributed by atoms with Gasteiger partial charge in [0.15, 0.2) is 0 Å². The van der Waals surface area contributed by atoms with Gasteiger partial charge in [0.1, 0.15) is 22.2 Å². The molecule has 1 aliphatic heterocycles. The molecule has 2 heterocycles. The van der Waals surface area contributed by atoms with Gasteiger partial charge >= 0.3 is 0 Å². The summed E-state index contributed by atoms with van der Waals surface area (Å²) < 4.78 is 5.76. The smallest absolute Gasteiger partial charge is 0.270 e. The van der Waals surface area contributed by atoms with Gasteiger partial charge in [0.25, 0.3) is 5.91 Å². The predicted molar refractivity (Wildman–Crippen MR) is 104 cm³/mol. The Bertz CT molecular complexity index is 921. The third-order valence-corrected chi connectivity index (χ3v) is 5.61. The molecule has 4 nitrogen and oxygen atoms in total. The number of para-hydroxylation sites is 2. The zero-order valence-electron chi connectivity index (χ0n) is 14.6. The van der Waals surface area contributed by atoms with Gasteiger partial charge in [-0.1, -0.05) is 36.4 Å². The highest BCUT2D eigenvalue weighted by Crippen LogP contribution is 2.30. The van der Waals surface area contributed by atoms with Crippen molar-refractivity contribution in [1.29, 1.82) is 0 Å². The van der Waals surface area contributed by atoms with Crippen molar-refractivity contribution in [3.05, 3.63) is 75.7 Å². The lowest BCUT2D eigenvalue weighted by Crippen LogP contribution is -2.35. The van der Waals surface area contributed by atoms with Crippen LogP contribution in [0, 0.1) is 6.92 Å². The molecular weight excluding hydrogens is 344 g/mol. The SMILES string of the molecule is Cc1nc(COc2ccccc2)sc1C(=O)N1CCCc2ccccc21. The van der Waals surface area contributed by atoms with Crippen LogP contribution in [0.4, 0.5) is 5.69 Å². The molecule has 0 fully saturated rings. The Morgan fingerprint density at radius 1 is 1.15 bits per heavy atom. The number of fused-ring (bicyclic) bond motifs is 1. The normalized spacial score (nSPS) is 13.3. The predicted octanol–water partition coefficient (Wildman–Crippen LogP) is 4.62. The highest BCUT2D eigenvalue weighted by molar-refractivity contribution is 7.13. The molecule has 0 aliphatic carbocycles. The Balaban J connectivity index is 1.53. The van der Waals surface area contributed by atoms with Crippen LogP contribution in [0.3, 0.4) is 0 Å². The molecule has 1 amide bonds. The molecule has 0 unspecified atom stereocenters. The van der Waals surface area contributed by atoms with Crippen molar-refractivity contribution in [3.8, 4) is 5.75 Å². The first-order valence-electron chi connectivity index (χ1n) is 8.76. The quantitative estimate of drug-likeness (QED) is 0.678. The lowest BCUT2D eigenvalue weighted by molar-refractivity contribution is 0.0988. The number of rotatable bonds is 4. The fourth-order valence-electron chi connectivity index (χ4n) is 3.24. The van der Waals surface area contributed by atoms with Crippen LogP contribution in [-0.2, 0) is 13.0 Å². The molecule has 0 saturated carbocycles. The van der Waals surface area contributed by atoms with Crippen molar-refractivity contribution >= 4 is 22.9 Å². The average molecular weight is 364 g/mol. The number of thiazole rings is 1. The number of anilines is 1. The van der Waals surface area contributed by atoms with E-state index in [2.05, 4.69) is 11.1 Å². The number of hydrogen-bond donors (Lipinski definition) is 0. The lowest BCUT2D eigenvalue weighted by Gasteiger charge is -2.29. The summed E-state index contributed by atoms with van der Waals surface area (Å²) in [5.74, 6) is 0.844. The topological polar surface area (TPSA) is 42.4 Å². The molecule has 4 rings (SSSR count). The second-order valence-corrected chi connectivity index (χ2v) is 7.40. The number of nitrogens with zero attached hydrogens (tertiary/aromatic N) is 2. The van der Waals surface area contributed by atoms with E-state index < -0.39 is 0 Å². The fourth-order valence-corrected chi connectivity index (χ4v) is 4.17. The Labute approximate surface area is 157 Å². The molecule has 0 bridgehead atoms. The fraction of sp³-hybridized carbons (Fsp3) is 0.238. The van der Waals surface area contributed by atoms with Crippen LogP contribution in [0.5, 0.6) is 5.75 Å². The van der Waals surface area contributed by atoms with E-state index in [1.165, 1.54) is 16.9 Å². The summed E-state index contributed by atoms with van der Waals surface area (Å²) in [6.07, 6.45) is 2.02. The highest BCUT2D eigenvalue weighted by atomic mass is 32.1. The van der Waals surface area contributed by atoms with Crippen molar-refractivity contribution in [2.24, 2.45) is 0 Å². The first-order chi connectivity index (χ1) is 12.7. The first kappa shape index (κ1) is 16.8. The monoisotopic (exact) mass is 364 g/mol. The minimum Gasteiger partial charge on any atom is -0.486 e. The number of benzene rings is 2. The maximum Gasteiger partial charge on any atom is 0.270 e. The van der Waals surface area contributed by atoms with E-state index in [0.717, 1.165) is 41.5 Å². The van der Waals surface area contributed by atoms with E-state index in [4.69, 9.17) is 4.74 Å². The standard InChI is InChI=1S/C21H20N2O2S/c1-15-20(26-19(22-15)14-25-17-10-3-2-4-11-17)21(24)23-13-7-9-16-8-5-6-12-18(16)23/h2-6,8,10-12H,7,9,13-14H2,1H3. The van der Waals surface area contributed by atoms with Crippen LogP contribution >= 0.6 is 11.3 Å². The van der Waals surface area contributed by atoms with Gasteiger partial charge in [-0.2, -0.15) is 0 Å². The number of carbonyl (C=O) groups excluding carboxylic acids is 1. The van der Waals surface area contributed by atoms with E-state index in [9.17, 15) is 4.79 Å². The van der Waals surface area contributed by atoms with Gasteiger partial charge in [-0.15, -0.1) is 11.3 Å². The number of ether oxygens (including phenoxy) is 1. The summed E-state index contributed by atoms with van der Waals surface area (Å²) in [4.78, 5) is 20.3. The lowest BCUT2D eigenvalue weighted by atomic mass is 10.0. The molecule has 0 radical (unpaired) electrons. The van der Waals surface area contributed by atoms with E-state index in [1.807, 2.05) is 60.4 Å². The molecule has 0 saturated heterocycles. The molecule has 0 atom stereocenters. The van der Waals surface area contributed by atoms with Crippen LogP contribution in [-0.4, -0.2) is 17.4 Å². The maximum absolute atomic E-state index is 13.1. The van der Waals surface area contributed by atoms with Crippen LogP contribution < -0.4 is 9.64 Å². The molecule has 5 heteroatoms. The van der Waals surface area contributed by atoms with Gasteiger partial charge in [0.05, 0.1) is 5.69 Å². The second kappa shape index (κ2) is 7.30. The van der Waals surface area contributed by atoms with Gasteiger partial charge in [-0.05, 0) is 43.5 Å². The van der Waals surface area contributed by atoms with Crippen molar-refractivity contribution in [2.75, 3.05) is 11.4 Å². The van der Waals surface area contributed by atoms with E-state index in [-0.39, 0.29) is 5.91 Å². The molecule has 26 heavy (non-hydrogen) atoms. The van der Waals surface area contributed by atoms with Gasteiger partial charge in [-0.3, -0.25) is 4.79 Å². The zero-order valence-corrected chi connectivity index (χ0v) is 15.5. The van der Waals surface area contributed by atoms with Crippen LogP contribution in [0.2, 0.25) is 0 Å². The Morgan fingerprint density at radius 2 is 1.92 bits per heavy atom. The third kappa shape index (κ3) is 3.35. The maximum atomic E-state index is 13.1. The molecule has 3 aromatic rings. The van der Waals surface area contributed by atoms with Gasteiger partial charge in [0, 0.05) is 12.2 Å². The van der Waals surface area contributed by atoms with Crippen molar-refractivity contribution in [1.82, 2.24) is 4.98 Å². The Hall–Kier alpha value is -2.66. The Morgan fingerprint density at radius 3 is 2.77 bits per heavy atom. The minimum absolute atomic E-state index is 0.0399. The van der Waals surface area contributed by atoms with E-state index >= 15 is 0 Å². The van der Waals surface area contributed by atoms with Gasteiger partial charge < -0.3 is 9.64 Å². The average Bonchev–Trinajstić information content (AvgIpc) is 3.07. The largest absolute Gasteiger partial charge is 0.486 e. The molecule has 132 valence electrons. The van der Waals surface area contributed by atoms with Gasteiger partial charge in [0.2, 0.25) is 0 Å². The molecule has 1 aliphatic rings. The van der Waals surface area contributed by atoms with Crippen molar-refractivity contribution in [3.63, 3.8) is 0 Å². The molecular formula is C21H20N2O2S. The van der Waals surface area contributed by atoms with Gasteiger partial charge in [-0.25, -0.2) is 4.98 Å². The van der Waals surface area contributed by atoms with Crippen molar-refractivity contribution < 1.29 is 9.53 Å². The summed E-state index contributed by atoms with van der Waals surface area (Å²) in [5.41, 5.74) is 3.04. The number of hydrogen-bond acceptors (Lipinski definition) is 4. The van der Waals surface area contributed by atoms with E-state index in [1.54, 1.807) is 0 Å². The number of aromatic nitrogens is 1. The summed E-state index contributed by atoms with van der Waals surface area (Å²) in [7, 11) is 0. The van der Waals surface area contributed by atoms with Crippen LogP contribution in [0.25, 0.3) is 0 Å². The zero-order chi connectivity index (χ0) is 17.9. The number of aryl methyl sites for hydroxylation is 2. The number of carbonyl (C=O) groups is 1. The Kier molecular flexibility index (Phi) is 4.71. The summed E-state index contributed by atoms with van der Waals surface area (Å²) in [5, 5.41) is 0.819.